The topological polar surface area (TPSA) is 95.7 Å². The van der Waals surface area contributed by atoms with Crippen LogP contribution >= 0.6 is 15.9 Å². The third-order valence-electron chi connectivity index (χ3n) is 8.74. The van der Waals surface area contributed by atoms with Crippen LogP contribution in [-0.2, 0) is 17.8 Å². The highest BCUT2D eigenvalue weighted by Gasteiger charge is 2.21. The molecule has 0 heterocycles. The van der Waals surface area contributed by atoms with E-state index < -0.39 is 0 Å². The molecule has 1 aliphatic rings. The first-order valence-electron chi connectivity index (χ1n) is 16.0. The van der Waals surface area contributed by atoms with Crippen LogP contribution in [0, 0.1) is 11.8 Å². The number of nitrogens with two attached hydrogens (primary N) is 1. The molecular weight excluding hydrogens is 638 g/mol. The van der Waals surface area contributed by atoms with Gasteiger partial charge in [0.15, 0.2) is 0 Å². The minimum Gasteiger partial charge on any atom is -0.508 e. The van der Waals surface area contributed by atoms with Crippen molar-refractivity contribution in [1.82, 2.24) is 10.2 Å². The Morgan fingerprint density at radius 2 is 1.61 bits per heavy atom. The first-order chi connectivity index (χ1) is 22.4. The summed E-state index contributed by atoms with van der Waals surface area (Å²) < 4.78 is 0.984. The van der Waals surface area contributed by atoms with Gasteiger partial charge in [-0.1, -0.05) is 76.9 Å². The number of phenols is 1. The van der Waals surface area contributed by atoms with E-state index in [1.165, 1.54) is 12.8 Å². The minimum atomic E-state index is -0.0819. The van der Waals surface area contributed by atoms with Gasteiger partial charge in [-0.3, -0.25) is 9.59 Å². The molecule has 1 fully saturated rings. The molecule has 2 unspecified atom stereocenters. The second kappa shape index (κ2) is 16.4. The van der Waals surface area contributed by atoms with Gasteiger partial charge in [-0.05, 0) is 120 Å². The molecule has 0 radical (unpaired) electrons. The molecular formula is C39H42BrN3O3. The molecule has 4 aromatic carbocycles. The first-order valence-corrected chi connectivity index (χ1v) is 16.8. The molecule has 2 atom stereocenters. The lowest BCUT2D eigenvalue weighted by atomic mass is 9.81. The number of rotatable bonds is 12. The lowest BCUT2D eigenvalue weighted by Crippen LogP contribution is -2.33. The summed E-state index contributed by atoms with van der Waals surface area (Å²) in [5.41, 5.74) is 11.5. The van der Waals surface area contributed by atoms with Crippen LogP contribution in [0.5, 0.6) is 5.75 Å². The molecule has 5 rings (SSSR count). The maximum Gasteiger partial charge on any atom is 0.251 e. The van der Waals surface area contributed by atoms with Crippen molar-refractivity contribution in [3.8, 4) is 16.9 Å². The number of hydrogen-bond acceptors (Lipinski definition) is 4. The molecule has 7 heteroatoms. The minimum absolute atomic E-state index is 0.0589. The highest BCUT2D eigenvalue weighted by atomic mass is 79.9. The van der Waals surface area contributed by atoms with Crippen molar-refractivity contribution in [1.29, 1.82) is 0 Å². The molecule has 0 saturated heterocycles. The smallest absolute Gasteiger partial charge is 0.251 e. The normalized spacial score (nSPS) is 16.3. The van der Waals surface area contributed by atoms with Crippen LogP contribution in [0.15, 0.2) is 108 Å². The van der Waals surface area contributed by atoms with Gasteiger partial charge in [0.25, 0.3) is 5.91 Å². The summed E-state index contributed by atoms with van der Waals surface area (Å²) in [7, 11) is 0. The molecule has 0 aliphatic heterocycles. The molecule has 0 spiro atoms. The number of phenolic OH excluding ortho intramolecular Hbond substituents is 1. The van der Waals surface area contributed by atoms with E-state index in [1.807, 2.05) is 89.8 Å². The lowest BCUT2D eigenvalue weighted by molar-refractivity contribution is -0.126. The van der Waals surface area contributed by atoms with Gasteiger partial charge in [0.2, 0.25) is 5.91 Å². The number of halogens is 1. The summed E-state index contributed by atoms with van der Waals surface area (Å²) in [5.74, 6) is 1.12. The van der Waals surface area contributed by atoms with Crippen LogP contribution in [0.25, 0.3) is 17.2 Å². The van der Waals surface area contributed by atoms with Crippen molar-refractivity contribution < 1.29 is 14.7 Å². The van der Waals surface area contributed by atoms with Gasteiger partial charge in [-0.15, -0.1) is 0 Å². The molecule has 6 nitrogen and oxygen atoms in total. The Bertz CT molecular complexity index is 1640. The Morgan fingerprint density at radius 3 is 2.37 bits per heavy atom. The fourth-order valence-electron chi connectivity index (χ4n) is 6.09. The van der Waals surface area contributed by atoms with Crippen molar-refractivity contribution in [2.45, 2.75) is 38.6 Å². The number of carbonyl (C=O) groups is 2. The SMILES string of the molecule is NCC1CCCC(CNC(=O)c2cccc(-c3cccc(CN(CCc4ccc(O)cc4)C(=O)C=Cc4ccc(Br)cc4)c3)c2)C1. The number of hydrogen-bond donors (Lipinski definition) is 3. The summed E-state index contributed by atoms with van der Waals surface area (Å²) in [6, 6.07) is 30.8. The van der Waals surface area contributed by atoms with E-state index >= 15 is 0 Å². The Labute approximate surface area is 280 Å². The van der Waals surface area contributed by atoms with Gasteiger partial charge in [-0.25, -0.2) is 0 Å². The molecule has 238 valence electrons. The third-order valence-corrected chi connectivity index (χ3v) is 9.27. The van der Waals surface area contributed by atoms with Crippen molar-refractivity contribution in [2.75, 3.05) is 19.6 Å². The van der Waals surface area contributed by atoms with Crippen molar-refractivity contribution >= 4 is 33.8 Å². The number of benzene rings is 4. The Balaban J connectivity index is 1.28. The van der Waals surface area contributed by atoms with Crippen LogP contribution in [0.1, 0.15) is 52.7 Å². The van der Waals surface area contributed by atoms with Crippen molar-refractivity contribution in [2.24, 2.45) is 17.6 Å². The van der Waals surface area contributed by atoms with Crippen molar-refractivity contribution in [3.05, 3.63) is 130 Å². The molecule has 46 heavy (non-hydrogen) atoms. The van der Waals surface area contributed by atoms with E-state index in [9.17, 15) is 14.7 Å². The third kappa shape index (κ3) is 9.65. The fourth-order valence-corrected chi connectivity index (χ4v) is 6.36. The number of nitrogens with one attached hydrogen (secondary N) is 1. The molecule has 0 bridgehead atoms. The first kappa shape index (κ1) is 33.2. The highest BCUT2D eigenvalue weighted by Crippen LogP contribution is 2.28. The summed E-state index contributed by atoms with van der Waals surface area (Å²) in [4.78, 5) is 28.4. The van der Waals surface area contributed by atoms with E-state index in [0.29, 0.717) is 43.5 Å². The summed E-state index contributed by atoms with van der Waals surface area (Å²) >= 11 is 3.45. The average Bonchev–Trinajstić information content (AvgIpc) is 3.09. The number of aromatic hydroxyl groups is 1. The molecule has 4 N–H and O–H groups in total. The van der Waals surface area contributed by atoms with E-state index in [2.05, 4.69) is 27.3 Å². The van der Waals surface area contributed by atoms with Gasteiger partial charge >= 0.3 is 0 Å². The zero-order valence-electron chi connectivity index (χ0n) is 26.1. The van der Waals surface area contributed by atoms with Gasteiger partial charge in [-0.2, -0.15) is 0 Å². The van der Waals surface area contributed by atoms with Gasteiger partial charge < -0.3 is 21.1 Å². The van der Waals surface area contributed by atoms with Crippen molar-refractivity contribution in [3.63, 3.8) is 0 Å². The second-order valence-electron chi connectivity index (χ2n) is 12.2. The van der Waals surface area contributed by atoms with E-state index in [-0.39, 0.29) is 17.6 Å². The quantitative estimate of drug-likeness (QED) is 0.134. The average molecular weight is 681 g/mol. The van der Waals surface area contributed by atoms with E-state index in [0.717, 1.165) is 51.7 Å². The largest absolute Gasteiger partial charge is 0.508 e. The molecule has 4 aromatic rings. The molecule has 1 saturated carbocycles. The standard InChI is InChI=1S/C39H42BrN3O3/c40-36-15-10-28(11-16-36)14-19-38(45)43(21-20-29-12-17-37(44)18-13-29)27-32-6-2-7-33(23-32)34-8-3-9-35(24-34)39(46)42-26-31-5-1-4-30(22-31)25-41/h2-3,6-19,23-24,30-31,44H,1,4-5,20-22,25-27,41H2,(H,42,46). The maximum atomic E-state index is 13.5. The van der Waals surface area contributed by atoms with Crippen LogP contribution in [-0.4, -0.2) is 41.5 Å². The van der Waals surface area contributed by atoms with Gasteiger partial charge in [0.05, 0.1) is 0 Å². The molecule has 2 amide bonds. The van der Waals surface area contributed by atoms with Crippen LogP contribution in [0.2, 0.25) is 0 Å². The van der Waals surface area contributed by atoms with E-state index in [1.54, 1.807) is 18.2 Å². The number of amides is 2. The second-order valence-corrected chi connectivity index (χ2v) is 13.1. The summed E-state index contributed by atoms with van der Waals surface area (Å²) in [6.45, 7) is 2.35. The number of carbonyl (C=O) groups excluding carboxylic acids is 2. The van der Waals surface area contributed by atoms with Gasteiger partial charge in [0.1, 0.15) is 5.75 Å². The fraction of sp³-hybridized carbons (Fsp3) is 0.282. The molecule has 0 aromatic heterocycles. The Hall–Kier alpha value is -4.20. The zero-order valence-corrected chi connectivity index (χ0v) is 27.7. The summed E-state index contributed by atoms with van der Waals surface area (Å²) in [5, 5.41) is 12.8. The zero-order chi connectivity index (χ0) is 32.3. The van der Waals surface area contributed by atoms with E-state index in [4.69, 9.17) is 5.73 Å². The van der Waals surface area contributed by atoms with Crippen LogP contribution in [0.3, 0.4) is 0 Å². The predicted molar refractivity (Wildman–Crippen MR) is 189 cm³/mol. The lowest BCUT2D eigenvalue weighted by Gasteiger charge is -2.28. The predicted octanol–water partition coefficient (Wildman–Crippen LogP) is 7.60. The van der Waals surface area contributed by atoms with Crippen LogP contribution in [0.4, 0.5) is 0 Å². The van der Waals surface area contributed by atoms with Gasteiger partial charge in [0, 0.05) is 35.7 Å². The Morgan fingerprint density at radius 1 is 0.891 bits per heavy atom. The monoisotopic (exact) mass is 679 g/mol. The number of nitrogens with zero attached hydrogens (tertiary/aromatic N) is 1. The van der Waals surface area contributed by atoms with Crippen LogP contribution < -0.4 is 11.1 Å². The Kier molecular flexibility index (Phi) is 11.8. The highest BCUT2D eigenvalue weighted by molar-refractivity contribution is 9.10. The molecule has 1 aliphatic carbocycles. The summed E-state index contributed by atoms with van der Waals surface area (Å²) in [6.07, 6.45) is 8.69. The maximum absolute atomic E-state index is 13.5.